The monoisotopic (exact) mass is 355 g/mol. The molecule has 1 aromatic heterocycles. The van der Waals surface area contributed by atoms with Crippen molar-refractivity contribution in [2.45, 2.75) is 31.8 Å². The Morgan fingerprint density at radius 2 is 1.88 bits per heavy atom. The minimum atomic E-state index is -3.37. The third kappa shape index (κ3) is 3.88. The van der Waals surface area contributed by atoms with E-state index in [0.717, 1.165) is 31.2 Å². The Labute approximate surface area is 142 Å². The Balaban J connectivity index is 1.58. The van der Waals surface area contributed by atoms with Crippen LogP contribution < -0.4 is 5.56 Å². The van der Waals surface area contributed by atoms with Gasteiger partial charge in [-0.1, -0.05) is 6.07 Å². The van der Waals surface area contributed by atoms with Crippen molar-refractivity contribution in [1.29, 1.82) is 0 Å². The third-order valence-electron chi connectivity index (χ3n) is 5.01. The maximum absolute atomic E-state index is 12.8. The van der Waals surface area contributed by atoms with Crippen LogP contribution in [0.15, 0.2) is 23.1 Å². The highest BCUT2D eigenvalue weighted by atomic mass is 32.2. The van der Waals surface area contributed by atoms with Gasteiger partial charge >= 0.3 is 0 Å². The number of nitrogens with zero attached hydrogens (tertiary/aromatic N) is 2. The maximum atomic E-state index is 12.8. The van der Waals surface area contributed by atoms with Gasteiger partial charge < -0.3 is 9.72 Å². The van der Waals surface area contributed by atoms with Crippen molar-refractivity contribution in [1.82, 2.24) is 13.6 Å². The van der Waals surface area contributed by atoms with Gasteiger partial charge in [0.15, 0.2) is 0 Å². The molecule has 2 aliphatic heterocycles. The van der Waals surface area contributed by atoms with Gasteiger partial charge in [-0.15, -0.1) is 0 Å². The summed E-state index contributed by atoms with van der Waals surface area (Å²) in [6, 6.07) is 3.32. The molecule has 0 radical (unpaired) electrons. The number of nitrogens with one attached hydrogen (secondary N) is 1. The van der Waals surface area contributed by atoms with Crippen molar-refractivity contribution in [3.05, 3.63) is 34.2 Å². The number of ether oxygens (including phenoxy) is 1. The van der Waals surface area contributed by atoms with Crippen LogP contribution in [0.4, 0.5) is 0 Å². The number of aromatic nitrogens is 1. The lowest BCUT2D eigenvalue weighted by atomic mass is 10.0. The first-order valence-corrected chi connectivity index (χ1v) is 9.84. The van der Waals surface area contributed by atoms with Gasteiger partial charge in [-0.3, -0.25) is 4.79 Å². The number of piperidine rings is 1. The highest BCUT2D eigenvalue weighted by Gasteiger charge is 2.37. The molecule has 2 saturated heterocycles. The minimum absolute atomic E-state index is 0.117. The van der Waals surface area contributed by atoms with Gasteiger partial charge in [0.05, 0.1) is 6.10 Å². The molecule has 134 valence electrons. The van der Waals surface area contributed by atoms with E-state index in [-0.39, 0.29) is 11.7 Å². The summed E-state index contributed by atoms with van der Waals surface area (Å²) < 4.78 is 34.1. The largest absolute Gasteiger partial charge is 0.381 e. The second kappa shape index (κ2) is 7.35. The Morgan fingerprint density at radius 1 is 1.17 bits per heavy atom. The molecular formula is C16H25N3O4S. The zero-order valence-corrected chi connectivity index (χ0v) is 14.8. The first-order valence-electron chi connectivity index (χ1n) is 8.44. The summed E-state index contributed by atoms with van der Waals surface area (Å²) in [6.07, 6.45) is 5.04. The molecule has 0 bridgehead atoms. The van der Waals surface area contributed by atoms with E-state index in [0.29, 0.717) is 32.1 Å². The maximum Gasteiger partial charge on any atom is 0.281 e. The molecule has 2 aliphatic rings. The lowest BCUT2D eigenvalue weighted by Crippen LogP contribution is -2.47. The zero-order valence-electron chi connectivity index (χ0n) is 14.0. The smallest absolute Gasteiger partial charge is 0.281 e. The van der Waals surface area contributed by atoms with Crippen molar-refractivity contribution in [2.75, 3.05) is 33.3 Å². The molecule has 1 atom stereocenters. The number of hydrogen-bond donors (Lipinski definition) is 1. The van der Waals surface area contributed by atoms with Crippen molar-refractivity contribution >= 4 is 10.2 Å². The Hall–Kier alpha value is -1.22. The second-order valence-electron chi connectivity index (χ2n) is 6.62. The van der Waals surface area contributed by atoms with E-state index < -0.39 is 10.2 Å². The Kier molecular flexibility index (Phi) is 5.39. The molecular weight excluding hydrogens is 330 g/mol. The molecule has 1 aromatic rings. The van der Waals surface area contributed by atoms with Crippen molar-refractivity contribution in [3.63, 3.8) is 0 Å². The van der Waals surface area contributed by atoms with E-state index in [9.17, 15) is 13.2 Å². The summed E-state index contributed by atoms with van der Waals surface area (Å²) >= 11 is 0. The van der Waals surface area contributed by atoms with Crippen LogP contribution in [0.25, 0.3) is 0 Å². The molecule has 0 saturated carbocycles. The first-order chi connectivity index (χ1) is 11.5. The summed E-state index contributed by atoms with van der Waals surface area (Å²) in [5, 5.41) is 0. The van der Waals surface area contributed by atoms with E-state index in [4.69, 9.17) is 4.74 Å². The van der Waals surface area contributed by atoms with E-state index in [2.05, 4.69) is 4.98 Å². The number of rotatable bonds is 5. The summed E-state index contributed by atoms with van der Waals surface area (Å²) in [5.41, 5.74) is 0.925. The van der Waals surface area contributed by atoms with Gasteiger partial charge in [-0.2, -0.15) is 17.0 Å². The van der Waals surface area contributed by atoms with Gasteiger partial charge in [0, 0.05) is 45.6 Å². The van der Waals surface area contributed by atoms with Gasteiger partial charge in [0.25, 0.3) is 10.2 Å². The molecule has 0 unspecified atom stereocenters. The molecule has 3 rings (SSSR count). The van der Waals surface area contributed by atoms with E-state index >= 15 is 0 Å². The van der Waals surface area contributed by atoms with Gasteiger partial charge in [-0.05, 0) is 37.2 Å². The molecule has 0 spiro atoms. The molecule has 1 N–H and O–H groups in total. The predicted molar refractivity (Wildman–Crippen MR) is 91.0 cm³/mol. The van der Waals surface area contributed by atoms with Crippen LogP contribution >= 0.6 is 0 Å². The molecule has 7 nitrogen and oxygen atoms in total. The number of hydrogen-bond acceptors (Lipinski definition) is 4. The zero-order chi connectivity index (χ0) is 17.2. The molecule has 2 fully saturated rings. The van der Waals surface area contributed by atoms with Crippen LogP contribution in [0.1, 0.15) is 24.8 Å². The van der Waals surface area contributed by atoms with E-state index in [1.54, 1.807) is 21.9 Å². The standard InChI is InChI=1S/C16H25N3O4S/c1-23-15-5-8-18(9-6-15)24(21,22)19-7-4-14(12-19)10-13-2-3-16(20)17-11-13/h2-3,11,14-15H,4-10,12H2,1H3,(H,17,20)/t14-/m1/s1. The average Bonchev–Trinajstić information content (AvgIpc) is 3.06. The van der Waals surface area contributed by atoms with Gasteiger partial charge in [-0.25, -0.2) is 0 Å². The summed E-state index contributed by atoms with van der Waals surface area (Å²) in [5.74, 6) is 0.294. The molecule has 0 amide bonds. The van der Waals surface area contributed by atoms with Crippen LogP contribution in [-0.4, -0.2) is 61.4 Å². The third-order valence-corrected chi connectivity index (χ3v) is 7.01. The normalized spacial score (nSPS) is 24.5. The molecule has 3 heterocycles. The van der Waals surface area contributed by atoms with Crippen molar-refractivity contribution in [3.8, 4) is 0 Å². The van der Waals surface area contributed by atoms with Crippen LogP contribution in [0.3, 0.4) is 0 Å². The van der Waals surface area contributed by atoms with Crippen molar-refractivity contribution < 1.29 is 13.2 Å². The second-order valence-corrected chi connectivity index (χ2v) is 8.55. The van der Waals surface area contributed by atoms with Crippen LogP contribution in [0.5, 0.6) is 0 Å². The lowest BCUT2D eigenvalue weighted by Gasteiger charge is -2.33. The summed E-state index contributed by atoms with van der Waals surface area (Å²) in [4.78, 5) is 13.8. The van der Waals surface area contributed by atoms with Crippen LogP contribution in [0.2, 0.25) is 0 Å². The molecule has 24 heavy (non-hydrogen) atoms. The highest BCUT2D eigenvalue weighted by Crippen LogP contribution is 2.26. The fraction of sp³-hybridized carbons (Fsp3) is 0.688. The quantitative estimate of drug-likeness (QED) is 0.838. The topological polar surface area (TPSA) is 82.7 Å². The first kappa shape index (κ1) is 17.6. The lowest BCUT2D eigenvalue weighted by molar-refractivity contribution is 0.0592. The predicted octanol–water partition coefficient (Wildman–Crippen LogP) is 0.595. The summed E-state index contributed by atoms with van der Waals surface area (Å²) in [7, 11) is -1.69. The summed E-state index contributed by atoms with van der Waals surface area (Å²) in [6.45, 7) is 2.18. The molecule has 0 aliphatic carbocycles. The SMILES string of the molecule is COC1CCN(S(=O)(=O)N2CC[C@H](Cc3ccc(=O)[nH]c3)C2)CC1. The molecule has 8 heteroatoms. The fourth-order valence-corrected chi connectivity index (χ4v) is 5.27. The number of methoxy groups -OCH3 is 1. The Morgan fingerprint density at radius 3 is 2.50 bits per heavy atom. The van der Waals surface area contributed by atoms with Crippen LogP contribution in [-0.2, 0) is 21.4 Å². The fourth-order valence-electron chi connectivity index (χ4n) is 3.54. The van der Waals surface area contributed by atoms with Gasteiger partial charge in [0.2, 0.25) is 5.56 Å². The highest BCUT2D eigenvalue weighted by molar-refractivity contribution is 7.86. The van der Waals surface area contributed by atoms with Gasteiger partial charge in [0.1, 0.15) is 0 Å². The Bertz CT molecular complexity index is 690. The minimum Gasteiger partial charge on any atom is -0.381 e. The van der Waals surface area contributed by atoms with Crippen LogP contribution in [0, 0.1) is 5.92 Å². The average molecular weight is 355 g/mol. The number of pyridine rings is 1. The molecule has 0 aromatic carbocycles. The van der Waals surface area contributed by atoms with E-state index in [1.807, 2.05) is 6.07 Å². The van der Waals surface area contributed by atoms with E-state index in [1.165, 1.54) is 6.07 Å². The van der Waals surface area contributed by atoms with Crippen molar-refractivity contribution in [2.24, 2.45) is 5.92 Å². The number of aromatic amines is 1. The number of H-pyrrole nitrogens is 1.